The Balaban J connectivity index is 2.82. The second kappa shape index (κ2) is 3.36. The largest absolute Gasteiger partial charge is 0.478 e. The number of halogens is 1. The SMILES string of the molecule is O=C(O)c1ccn2c(=O)cc(Cl)nc2c1. The highest BCUT2D eigenvalue weighted by Crippen LogP contribution is 2.06. The predicted octanol–water partition coefficient (Wildman–Crippen LogP) is 1.05. The molecule has 0 amide bonds. The number of carbonyl (C=O) groups is 1. The van der Waals surface area contributed by atoms with Crippen molar-refractivity contribution in [3.63, 3.8) is 0 Å². The summed E-state index contributed by atoms with van der Waals surface area (Å²) < 4.78 is 1.22. The van der Waals surface area contributed by atoms with Gasteiger partial charge in [0.1, 0.15) is 10.8 Å². The molecule has 15 heavy (non-hydrogen) atoms. The third-order valence-electron chi connectivity index (χ3n) is 1.88. The first-order valence-corrected chi connectivity index (χ1v) is 4.38. The lowest BCUT2D eigenvalue weighted by Crippen LogP contribution is -2.14. The summed E-state index contributed by atoms with van der Waals surface area (Å²) >= 11 is 5.58. The molecule has 5 nitrogen and oxygen atoms in total. The molecule has 6 heteroatoms. The van der Waals surface area contributed by atoms with Crippen LogP contribution in [0.15, 0.2) is 29.2 Å². The Labute approximate surface area is 88.6 Å². The summed E-state index contributed by atoms with van der Waals surface area (Å²) in [5, 5.41) is 8.78. The second-order valence-electron chi connectivity index (χ2n) is 2.87. The minimum atomic E-state index is -1.08. The molecule has 76 valence electrons. The van der Waals surface area contributed by atoms with Crippen LogP contribution in [-0.4, -0.2) is 20.5 Å². The standard InChI is InChI=1S/C9H5ClN2O3/c10-6-4-8(13)12-2-1-5(9(14)15)3-7(12)11-6/h1-4H,(H,14,15). The Kier molecular flexibility index (Phi) is 2.17. The Bertz CT molecular complexity index is 606. The number of aromatic nitrogens is 2. The first kappa shape index (κ1) is 9.67. The van der Waals surface area contributed by atoms with Gasteiger partial charge in [0.05, 0.1) is 5.56 Å². The van der Waals surface area contributed by atoms with Crippen molar-refractivity contribution in [2.75, 3.05) is 0 Å². The summed E-state index contributed by atoms with van der Waals surface area (Å²) in [7, 11) is 0. The lowest BCUT2D eigenvalue weighted by Gasteiger charge is -2.00. The zero-order valence-corrected chi connectivity index (χ0v) is 8.10. The van der Waals surface area contributed by atoms with Gasteiger partial charge >= 0.3 is 5.97 Å². The molecule has 0 atom stereocenters. The summed E-state index contributed by atoms with van der Waals surface area (Å²) in [5.74, 6) is -1.08. The predicted molar refractivity (Wildman–Crippen MR) is 53.4 cm³/mol. The van der Waals surface area contributed by atoms with Gasteiger partial charge in [0, 0.05) is 12.3 Å². The van der Waals surface area contributed by atoms with E-state index in [4.69, 9.17) is 16.7 Å². The number of carboxylic acids is 1. The topological polar surface area (TPSA) is 71.7 Å². The van der Waals surface area contributed by atoms with Crippen molar-refractivity contribution in [2.24, 2.45) is 0 Å². The number of carboxylic acid groups (broad SMARTS) is 1. The number of hydrogen-bond donors (Lipinski definition) is 1. The first-order valence-electron chi connectivity index (χ1n) is 4.00. The zero-order valence-electron chi connectivity index (χ0n) is 7.35. The summed E-state index contributed by atoms with van der Waals surface area (Å²) in [6.45, 7) is 0. The maximum Gasteiger partial charge on any atom is 0.335 e. The molecule has 0 bridgehead atoms. The molecule has 2 aromatic rings. The van der Waals surface area contributed by atoms with Crippen molar-refractivity contribution < 1.29 is 9.90 Å². The third-order valence-corrected chi connectivity index (χ3v) is 2.08. The number of fused-ring (bicyclic) bond motifs is 1. The average molecular weight is 225 g/mol. The van der Waals surface area contributed by atoms with E-state index in [0.717, 1.165) is 6.07 Å². The lowest BCUT2D eigenvalue weighted by molar-refractivity contribution is 0.0697. The van der Waals surface area contributed by atoms with E-state index < -0.39 is 5.97 Å². The number of hydrogen-bond acceptors (Lipinski definition) is 3. The van der Waals surface area contributed by atoms with Gasteiger partial charge in [-0.1, -0.05) is 11.6 Å². The zero-order chi connectivity index (χ0) is 11.0. The molecule has 0 aromatic carbocycles. The van der Waals surface area contributed by atoms with Gasteiger partial charge < -0.3 is 5.11 Å². The Morgan fingerprint density at radius 2 is 2.20 bits per heavy atom. The van der Waals surface area contributed by atoms with E-state index in [1.54, 1.807) is 0 Å². The van der Waals surface area contributed by atoms with Gasteiger partial charge in [-0.3, -0.25) is 9.20 Å². The van der Waals surface area contributed by atoms with Gasteiger partial charge in [-0.25, -0.2) is 9.78 Å². The van der Waals surface area contributed by atoms with Crippen molar-refractivity contribution in [2.45, 2.75) is 0 Å². The highest BCUT2D eigenvalue weighted by molar-refractivity contribution is 6.29. The minimum absolute atomic E-state index is 0.0440. The van der Waals surface area contributed by atoms with Gasteiger partial charge in [0.2, 0.25) is 0 Å². The monoisotopic (exact) mass is 224 g/mol. The van der Waals surface area contributed by atoms with Crippen molar-refractivity contribution in [1.82, 2.24) is 9.38 Å². The summed E-state index contributed by atoms with van der Waals surface area (Å²) in [6.07, 6.45) is 1.35. The van der Waals surface area contributed by atoms with Crippen LogP contribution in [0.5, 0.6) is 0 Å². The van der Waals surface area contributed by atoms with Gasteiger partial charge in [0.15, 0.2) is 0 Å². The van der Waals surface area contributed by atoms with E-state index in [1.807, 2.05) is 0 Å². The smallest absolute Gasteiger partial charge is 0.335 e. The number of nitrogens with zero attached hydrogens (tertiary/aromatic N) is 2. The first-order chi connectivity index (χ1) is 7.08. The van der Waals surface area contributed by atoms with Crippen molar-refractivity contribution in [1.29, 1.82) is 0 Å². The minimum Gasteiger partial charge on any atom is -0.478 e. The molecular weight excluding hydrogens is 220 g/mol. The van der Waals surface area contributed by atoms with Crippen LogP contribution < -0.4 is 5.56 Å². The van der Waals surface area contributed by atoms with E-state index in [2.05, 4.69) is 4.98 Å². The molecule has 0 aliphatic heterocycles. The molecule has 2 heterocycles. The van der Waals surface area contributed by atoms with E-state index in [1.165, 1.54) is 22.7 Å². The van der Waals surface area contributed by atoms with Crippen LogP contribution in [0.2, 0.25) is 5.15 Å². The van der Waals surface area contributed by atoms with Crippen LogP contribution in [0.4, 0.5) is 0 Å². The molecule has 2 aromatic heterocycles. The second-order valence-corrected chi connectivity index (χ2v) is 3.25. The van der Waals surface area contributed by atoms with Crippen LogP contribution >= 0.6 is 11.6 Å². The molecule has 2 rings (SSSR count). The summed E-state index contributed by atoms with van der Waals surface area (Å²) in [5.41, 5.74) is -0.0708. The quantitative estimate of drug-likeness (QED) is 0.735. The van der Waals surface area contributed by atoms with Crippen molar-refractivity contribution in [3.8, 4) is 0 Å². The molecule has 0 unspecified atom stereocenters. The van der Waals surface area contributed by atoms with Crippen LogP contribution in [0, 0.1) is 0 Å². The number of pyridine rings is 1. The molecule has 0 spiro atoms. The van der Waals surface area contributed by atoms with Crippen LogP contribution in [-0.2, 0) is 0 Å². The molecular formula is C9H5ClN2O3. The molecule has 0 fully saturated rings. The molecule has 0 aliphatic carbocycles. The highest BCUT2D eigenvalue weighted by Gasteiger charge is 2.06. The van der Waals surface area contributed by atoms with E-state index in [0.29, 0.717) is 0 Å². The van der Waals surface area contributed by atoms with Crippen LogP contribution in [0.1, 0.15) is 10.4 Å². The van der Waals surface area contributed by atoms with Crippen molar-refractivity contribution >= 4 is 23.2 Å². The summed E-state index contributed by atoms with van der Waals surface area (Å²) in [4.78, 5) is 25.9. The van der Waals surface area contributed by atoms with Gasteiger partial charge in [-0.15, -0.1) is 0 Å². The maximum atomic E-state index is 11.4. The Morgan fingerprint density at radius 3 is 2.87 bits per heavy atom. The molecule has 0 aliphatic rings. The third kappa shape index (κ3) is 1.69. The lowest BCUT2D eigenvalue weighted by atomic mass is 10.2. The fourth-order valence-electron chi connectivity index (χ4n) is 1.21. The Hall–Kier alpha value is -1.88. The van der Waals surface area contributed by atoms with Gasteiger partial charge in [0.25, 0.3) is 5.56 Å². The van der Waals surface area contributed by atoms with Crippen LogP contribution in [0.25, 0.3) is 5.65 Å². The van der Waals surface area contributed by atoms with Gasteiger partial charge in [-0.2, -0.15) is 0 Å². The fourth-order valence-corrected chi connectivity index (χ4v) is 1.39. The Morgan fingerprint density at radius 1 is 1.47 bits per heavy atom. The normalized spacial score (nSPS) is 10.5. The molecule has 0 radical (unpaired) electrons. The highest BCUT2D eigenvalue weighted by atomic mass is 35.5. The molecule has 1 N–H and O–H groups in total. The molecule has 0 saturated heterocycles. The van der Waals surface area contributed by atoms with E-state index in [9.17, 15) is 9.59 Å². The van der Waals surface area contributed by atoms with E-state index >= 15 is 0 Å². The van der Waals surface area contributed by atoms with Crippen molar-refractivity contribution in [3.05, 3.63) is 45.5 Å². The maximum absolute atomic E-state index is 11.4. The average Bonchev–Trinajstić information content (AvgIpc) is 2.16. The molecule has 0 saturated carbocycles. The van der Waals surface area contributed by atoms with Crippen LogP contribution in [0.3, 0.4) is 0 Å². The number of aromatic carboxylic acids is 1. The fraction of sp³-hybridized carbons (Fsp3) is 0. The van der Waals surface area contributed by atoms with E-state index in [-0.39, 0.29) is 21.9 Å². The summed E-state index contributed by atoms with van der Waals surface area (Å²) in [6, 6.07) is 3.77. The number of rotatable bonds is 1. The van der Waals surface area contributed by atoms with Gasteiger partial charge in [-0.05, 0) is 12.1 Å².